The van der Waals surface area contributed by atoms with Crippen LogP contribution in [0.2, 0.25) is 0 Å². The maximum atomic E-state index is 11.6. The van der Waals surface area contributed by atoms with Crippen molar-refractivity contribution >= 4 is 0 Å². The second-order valence-electron chi connectivity index (χ2n) is 1.26. The summed E-state index contributed by atoms with van der Waals surface area (Å²) in [6, 6.07) is 0. The fourth-order valence-corrected chi connectivity index (χ4v) is 0.0791. The largest absolute Gasteiger partial charge is 0.390 e. The number of hydrogen-bond acceptors (Lipinski definition) is 1. The lowest BCUT2D eigenvalue weighted by Gasteiger charge is -2.04. The lowest BCUT2D eigenvalue weighted by molar-refractivity contribution is -0.409. The Morgan fingerprint density at radius 3 is 2.00 bits per heavy atom. The minimum Gasteiger partial charge on any atom is -0.390 e. The number of halogens is 2. The topological polar surface area (TPSA) is 47.9 Å². The number of rotatable bonds is 2. The van der Waals surface area contributed by atoms with Crippen molar-refractivity contribution in [2.24, 2.45) is 0 Å². The molecule has 7 heavy (non-hydrogen) atoms. The highest BCUT2D eigenvalue weighted by Crippen LogP contribution is 2.06. The molecular formula is C3H8F2NO+. The van der Waals surface area contributed by atoms with Gasteiger partial charge in [-0.3, -0.25) is 0 Å². The van der Waals surface area contributed by atoms with Gasteiger partial charge in [-0.2, -0.15) is 8.78 Å². The molecule has 0 aromatic heterocycles. The van der Waals surface area contributed by atoms with E-state index in [9.17, 15) is 8.78 Å². The Morgan fingerprint density at radius 2 is 2.00 bits per heavy atom. The molecule has 0 radical (unpaired) electrons. The summed E-state index contributed by atoms with van der Waals surface area (Å²) in [7, 11) is 0. The van der Waals surface area contributed by atoms with E-state index in [1.165, 1.54) is 0 Å². The molecule has 4 heteroatoms. The number of aliphatic hydroxyl groups is 1. The third-order valence-corrected chi connectivity index (χ3v) is 0.597. The summed E-state index contributed by atoms with van der Waals surface area (Å²) in [6.45, 7) is -1.64. The van der Waals surface area contributed by atoms with Crippen molar-refractivity contribution in [3.63, 3.8) is 0 Å². The Hall–Kier alpha value is -0.220. The SMILES string of the molecule is [NH3+]CC(F)(F)CO. The molecule has 0 amide bonds. The van der Waals surface area contributed by atoms with Gasteiger partial charge in [0, 0.05) is 0 Å². The number of aliphatic hydroxyl groups excluding tert-OH is 1. The monoisotopic (exact) mass is 112 g/mol. The van der Waals surface area contributed by atoms with Crippen molar-refractivity contribution in [2.45, 2.75) is 5.92 Å². The van der Waals surface area contributed by atoms with Crippen molar-refractivity contribution < 1.29 is 19.6 Å². The van der Waals surface area contributed by atoms with Gasteiger partial charge >= 0.3 is 5.92 Å². The van der Waals surface area contributed by atoms with Gasteiger partial charge in [-0.1, -0.05) is 0 Å². The quantitative estimate of drug-likeness (QED) is 0.466. The second-order valence-corrected chi connectivity index (χ2v) is 1.26. The average Bonchev–Trinajstić information content (AvgIpc) is 1.68. The molecule has 4 N–H and O–H groups in total. The van der Waals surface area contributed by atoms with E-state index in [1.807, 2.05) is 0 Å². The van der Waals surface area contributed by atoms with E-state index >= 15 is 0 Å². The van der Waals surface area contributed by atoms with E-state index in [0.717, 1.165) is 0 Å². The average molecular weight is 112 g/mol. The maximum absolute atomic E-state index is 11.6. The van der Waals surface area contributed by atoms with Gasteiger partial charge in [0.2, 0.25) is 0 Å². The molecule has 0 bridgehead atoms. The smallest absolute Gasteiger partial charge is 0.317 e. The molecule has 0 aliphatic carbocycles. The predicted octanol–water partition coefficient (Wildman–Crippen LogP) is -1.14. The van der Waals surface area contributed by atoms with Crippen LogP contribution in [0.1, 0.15) is 0 Å². The van der Waals surface area contributed by atoms with Gasteiger partial charge in [-0.05, 0) is 0 Å². The third kappa shape index (κ3) is 2.47. The molecule has 0 spiro atoms. The Morgan fingerprint density at radius 1 is 1.57 bits per heavy atom. The zero-order chi connectivity index (χ0) is 5.91. The van der Waals surface area contributed by atoms with Gasteiger partial charge in [0.15, 0.2) is 0 Å². The standard InChI is InChI=1S/C3H7F2NO/c4-3(5,1-6)2-7/h7H,1-2,6H2/p+1. The van der Waals surface area contributed by atoms with Gasteiger partial charge in [-0.25, -0.2) is 0 Å². The fraction of sp³-hybridized carbons (Fsp3) is 1.00. The summed E-state index contributed by atoms with van der Waals surface area (Å²) >= 11 is 0. The van der Waals surface area contributed by atoms with Crippen molar-refractivity contribution in [1.82, 2.24) is 0 Å². The van der Waals surface area contributed by atoms with Crippen LogP contribution in [0.4, 0.5) is 8.78 Å². The number of alkyl halides is 2. The molecule has 0 saturated carbocycles. The summed E-state index contributed by atoms with van der Waals surface area (Å²) in [4.78, 5) is 0. The molecule has 0 heterocycles. The van der Waals surface area contributed by atoms with E-state index in [1.54, 1.807) is 0 Å². The van der Waals surface area contributed by atoms with Crippen molar-refractivity contribution in [3.8, 4) is 0 Å². The zero-order valence-corrected chi connectivity index (χ0v) is 3.82. The molecule has 2 nitrogen and oxygen atoms in total. The first-order valence-corrected chi connectivity index (χ1v) is 1.90. The minimum atomic E-state index is -2.97. The fourth-order valence-electron chi connectivity index (χ4n) is 0.0791. The van der Waals surface area contributed by atoms with E-state index in [2.05, 4.69) is 5.73 Å². The summed E-state index contributed by atoms with van der Waals surface area (Å²) in [5.41, 5.74) is 2.92. The molecule has 0 aromatic rings. The second kappa shape index (κ2) is 2.18. The molecular weight excluding hydrogens is 104 g/mol. The first kappa shape index (κ1) is 6.78. The Kier molecular flexibility index (Phi) is 2.11. The van der Waals surface area contributed by atoms with E-state index in [0.29, 0.717) is 0 Å². The molecule has 0 unspecified atom stereocenters. The first-order chi connectivity index (χ1) is 3.12. The van der Waals surface area contributed by atoms with Gasteiger partial charge in [0.25, 0.3) is 0 Å². The molecule has 0 aliphatic rings. The van der Waals surface area contributed by atoms with Crippen LogP contribution in [0.5, 0.6) is 0 Å². The first-order valence-electron chi connectivity index (χ1n) is 1.90. The van der Waals surface area contributed by atoms with E-state index < -0.39 is 19.1 Å². The molecule has 0 fully saturated rings. The Labute approximate surface area is 39.9 Å². The third-order valence-electron chi connectivity index (χ3n) is 0.597. The zero-order valence-electron chi connectivity index (χ0n) is 3.82. The Balaban J connectivity index is 3.36. The van der Waals surface area contributed by atoms with Crippen LogP contribution < -0.4 is 5.73 Å². The van der Waals surface area contributed by atoms with Crippen molar-refractivity contribution in [3.05, 3.63) is 0 Å². The van der Waals surface area contributed by atoms with Crippen molar-refractivity contribution in [1.29, 1.82) is 0 Å². The lowest BCUT2D eigenvalue weighted by Crippen LogP contribution is -2.59. The maximum Gasteiger partial charge on any atom is 0.317 e. The highest BCUT2D eigenvalue weighted by Gasteiger charge is 2.27. The van der Waals surface area contributed by atoms with Crippen LogP contribution >= 0.6 is 0 Å². The van der Waals surface area contributed by atoms with Gasteiger partial charge in [0.05, 0.1) is 0 Å². The van der Waals surface area contributed by atoms with Crippen LogP contribution in [0.25, 0.3) is 0 Å². The van der Waals surface area contributed by atoms with Crippen LogP contribution in [-0.4, -0.2) is 24.2 Å². The lowest BCUT2D eigenvalue weighted by atomic mass is 10.4. The molecule has 0 aromatic carbocycles. The summed E-state index contributed by atoms with van der Waals surface area (Å²) in [5, 5.41) is 7.80. The predicted molar refractivity (Wildman–Crippen MR) is 19.8 cm³/mol. The normalized spacial score (nSPS) is 12.0. The molecule has 0 atom stereocenters. The van der Waals surface area contributed by atoms with Gasteiger partial charge in [0.1, 0.15) is 13.2 Å². The minimum absolute atomic E-state index is 0.538. The van der Waals surface area contributed by atoms with Crippen molar-refractivity contribution in [2.75, 3.05) is 13.2 Å². The molecule has 0 aliphatic heterocycles. The van der Waals surface area contributed by atoms with E-state index in [4.69, 9.17) is 5.11 Å². The molecule has 44 valence electrons. The summed E-state index contributed by atoms with van der Waals surface area (Å²) in [5.74, 6) is -2.97. The van der Waals surface area contributed by atoms with Crippen LogP contribution in [-0.2, 0) is 0 Å². The summed E-state index contributed by atoms with van der Waals surface area (Å²) < 4.78 is 23.1. The number of quaternary nitrogens is 1. The summed E-state index contributed by atoms with van der Waals surface area (Å²) in [6.07, 6.45) is 0. The number of hydrogen-bond donors (Lipinski definition) is 2. The van der Waals surface area contributed by atoms with Crippen LogP contribution in [0.3, 0.4) is 0 Å². The molecule has 0 rings (SSSR count). The highest BCUT2D eigenvalue weighted by molar-refractivity contribution is 4.58. The van der Waals surface area contributed by atoms with Crippen LogP contribution in [0.15, 0.2) is 0 Å². The van der Waals surface area contributed by atoms with Gasteiger partial charge < -0.3 is 10.8 Å². The highest BCUT2D eigenvalue weighted by atomic mass is 19.3. The van der Waals surface area contributed by atoms with Crippen LogP contribution in [0, 0.1) is 0 Å². The van der Waals surface area contributed by atoms with E-state index in [-0.39, 0.29) is 0 Å². The molecule has 0 saturated heterocycles. The van der Waals surface area contributed by atoms with Gasteiger partial charge in [-0.15, -0.1) is 0 Å². The Bertz CT molecular complexity index is 50.9.